The summed E-state index contributed by atoms with van der Waals surface area (Å²) in [5, 5.41) is 10.4. The molecule has 5 saturated carbocycles. The molecule has 0 radical (unpaired) electrons. The first-order valence-electron chi connectivity index (χ1n) is 14.1. The molecule has 8 rings (SSSR count). The van der Waals surface area contributed by atoms with Crippen molar-refractivity contribution >= 4 is 38.9 Å². The van der Waals surface area contributed by atoms with E-state index in [2.05, 4.69) is 25.8 Å². The fourth-order valence-electron chi connectivity index (χ4n) is 7.63. The number of carbonyl (C=O) groups excluding carboxylic acids is 1. The Balaban J connectivity index is 0.998. The highest BCUT2D eigenvalue weighted by atomic mass is 32.2. The quantitative estimate of drug-likeness (QED) is 0.494. The van der Waals surface area contributed by atoms with Crippen molar-refractivity contribution in [3.8, 4) is 0 Å². The van der Waals surface area contributed by atoms with Gasteiger partial charge >= 0.3 is 0 Å². The Morgan fingerprint density at radius 2 is 1.68 bits per heavy atom. The lowest BCUT2D eigenvalue weighted by Crippen LogP contribution is -2.60. The summed E-state index contributed by atoms with van der Waals surface area (Å²) in [5.41, 5.74) is 1.76. The number of benzene rings is 1. The molecule has 6 aliphatic rings. The van der Waals surface area contributed by atoms with Crippen molar-refractivity contribution in [2.24, 2.45) is 23.2 Å². The highest BCUT2D eigenvalue weighted by Gasteiger charge is 2.58. The molecule has 10 heteroatoms. The van der Waals surface area contributed by atoms with E-state index in [9.17, 15) is 13.2 Å². The van der Waals surface area contributed by atoms with Crippen LogP contribution in [0.25, 0.3) is 0 Å². The molecule has 1 amide bonds. The number of aromatic nitrogens is 2. The highest BCUT2D eigenvalue weighted by molar-refractivity contribution is 7.91. The van der Waals surface area contributed by atoms with Crippen molar-refractivity contribution in [2.75, 3.05) is 40.1 Å². The third kappa shape index (κ3) is 4.72. The standard InChI is InChI=1S/C28H36N6O3S/c35-26(30-21-1-2-21)28-15-18-13-19(16-28)25(20(14-18)17-28)32-24-7-8-29-27(33-24)31-22-3-5-23(6-4-22)34-9-11-38(36,37)12-10-34/h3-8,18-21,25H,1-2,9-17H2,(H,30,35)(H2,29,31,32,33). The van der Waals surface area contributed by atoms with Crippen molar-refractivity contribution in [2.45, 2.75) is 57.0 Å². The van der Waals surface area contributed by atoms with Crippen LogP contribution < -0.4 is 20.9 Å². The molecule has 2 atom stereocenters. The minimum atomic E-state index is -2.90. The van der Waals surface area contributed by atoms with Gasteiger partial charge in [-0.1, -0.05) is 0 Å². The van der Waals surface area contributed by atoms with Crippen LogP contribution in [-0.4, -0.2) is 61.0 Å². The molecule has 1 aromatic heterocycles. The van der Waals surface area contributed by atoms with Crippen LogP contribution in [0.5, 0.6) is 0 Å². The fraction of sp³-hybridized carbons (Fsp3) is 0.607. The Morgan fingerprint density at radius 3 is 2.37 bits per heavy atom. The van der Waals surface area contributed by atoms with Crippen LogP contribution in [0, 0.1) is 23.2 Å². The second-order valence-corrected chi connectivity index (χ2v) is 14.5. The molecule has 2 unspecified atom stereocenters. The first-order valence-corrected chi connectivity index (χ1v) is 15.9. The molecule has 38 heavy (non-hydrogen) atoms. The van der Waals surface area contributed by atoms with Crippen molar-refractivity contribution in [1.29, 1.82) is 0 Å². The van der Waals surface area contributed by atoms with Crippen molar-refractivity contribution in [3.63, 3.8) is 0 Å². The molecule has 0 spiro atoms. The van der Waals surface area contributed by atoms with Crippen molar-refractivity contribution in [3.05, 3.63) is 36.5 Å². The molecule has 6 fully saturated rings. The molecule has 9 nitrogen and oxygen atoms in total. The van der Waals surface area contributed by atoms with Crippen LogP contribution in [0.4, 0.5) is 23.1 Å². The van der Waals surface area contributed by atoms with Gasteiger partial charge in [0.15, 0.2) is 9.84 Å². The summed E-state index contributed by atoms with van der Waals surface area (Å²) in [7, 11) is -2.90. The normalized spacial score (nSPS) is 33.1. The summed E-state index contributed by atoms with van der Waals surface area (Å²) in [6, 6.07) is 10.7. The molecule has 202 valence electrons. The second kappa shape index (κ2) is 9.10. The van der Waals surface area contributed by atoms with Gasteiger partial charge in [0.25, 0.3) is 0 Å². The van der Waals surface area contributed by atoms with Crippen molar-refractivity contribution in [1.82, 2.24) is 15.3 Å². The maximum absolute atomic E-state index is 13.2. The number of hydrogen-bond donors (Lipinski definition) is 3. The van der Waals surface area contributed by atoms with Crippen LogP contribution in [0.1, 0.15) is 44.9 Å². The lowest BCUT2D eigenvalue weighted by atomic mass is 9.47. The van der Waals surface area contributed by atoms with Crippen LogP contribution >= 0.6 is 0 Å². The summed E-state index contributed by atoms with van der Waals surface area (Å²) in [4.78, 5) is 24.5. The van der Waals surface area contributed by atoms with Gasteiger partial charge in [-0.2, -0.15) is 4.98 Å². The van der Waals surface area contributed by atoms with Gasteiger partial charge in [0.2, 0.25) is 11.9 Å². The van der Waals surface area contributed by atoms with E-state index in [1.54, 1.807) is 6.20 Å². The van der Waals surface area contributed by atoms with E-state index in [-0.39, 0.29) is 16.9 Å². The third-order valence-electron chi connectivity index (χ3n) is 9.47. The molecule has 2 aromatic rings. The molecular weight excluding hydrogens is 500 g/mol. The maximum Gasteiger partial charge on any atom is 0.229 e. The summed E-state index contributed by atoms with van der Waals surface area (Å²) >= 11 is 0. The number of sulfone groups is 1. The van der Waals surface area contributed by atoms with E-state index < -0.39 is 9.84 Å². The molecule has 1 aromatic carbocycles. The van der Waals surface area contributed by atoms with E-state index >= 15 is 0 Å². The smallest absolute Gasteiger partial charge is 0.229 e. The predicted molar refractivity (Wildman–Crippen MR) is 147 cm³/mol. The van der Waals surface area contributed by atoms with Crippen LogP contribution in [0.2, 0.25) is 0 Å². The van der Waals surface area contributed by atoms with Gasteiger partial charge in [-0.3, -0.25) is 4.79 Å². The Labute approximate surface area is 224 Å². The largest absolute Gasteiger partial charge is 0.369 e. The van der Waals surface area contributed by atoms with E-state index in [1.165, 1.54) is 12.8 Å². The fourth-order valence-corrected chi connectivity index (χ4v) is 8.83. The molecular formula is C28H36N6O3S. The monoisotopic (exact) mass is 536 g/mol. The van der Waals surface area contributed by atoms with E-state index in [0.717, 1.165) is 49.3 Å². The number of nitrogens with zero attached hydrogens (tertiary/aromatic N) is 3. The second-order valence-electron chi connectivity index (χ2n) is 12.2. The minimum Gasteiger partial charge on any atom is -0.369 e. The third-order valence-corrected chi connectivity index (χ3v) is 11.1. The lowest BCUT2D eigenvalue weighted by Gasteiger charge is -2.59. The lowest BCUT2D eigenvalue weighted by molar-refractivity contribution is -0.147. The van der Waals surface area contributed by atoms with Crippen LogP contribution in [0.15, 0.2) is 36.5 Å². The zero-order chi connectivity index (χ0) is 25.9. The molecule has 1 aliphatic heterocycles. The van der Waals surface area contributed by atoms with E-state index in [1.807, 2.05) is 30.3 Å². The Kier molecular flexibility index (Phi) is 5.79. The average molecular weight is 537 g/mol. The van der Waals surface area contributed by atoms with Gasteiger partial charge in [0, 0.05) is 42.7 Å². The van der Waals surface area contributed by atoms with E-state index in [0.29, 0.717) is 54.8 Å². The van der Waals surface area contributed by atoms with Gasteiger partial charge in [0.05, 0.1) is 16.9 Å². The molecule has 4 bridgehead atoms. The number of nitrogens with one attached hydrogen (secondary N) is 3. The number of amides is 1. The van der Waals surface area contributed by atoms with Crippen LogP contribution in [0.3, 0.4) is 0 Å². The summed E-state index contributed by atoms with van der Waals surface area (Å²) < 4.78 is 23.4. The highest BCUT2D eigenvalue weighted by Crippen LogP contribution is 2.60. The number of anilines is 4. The van der Waals surface area contributed by atoms with Crippen molar-refractivity contribution < 1.29 is 13.2 Å². The molecule has 2 heterocycles. The predicted octanol–water partition coefficient (Wildman–Crippen LogP) is 3.34. The van der Waals surface area contributed by atoms with E-state index in [4.69, 9.17) is 4.98 Å². The first kappa shape index (κ1) is 24.2. The zero-order valence-electron chi connectivity index (χ0n) is 21.6. The first-order chi connectivity index (χ1) is 18.3. The average Bonchev–Trinajstić information content (AvgIpc) is 3.71. The summed E-state index contributed by atoms with van der Waals surface area (Å²) in [6.45, 7) is 1.06. The topological polar surface area (TPSA) is 116 Å². The number of rotatable bonds is 7. The number of carbonyl (C=O) groups is 1. The van der Waals surface area contributed by atoms with Gasteiger partial charge in [-0.05, 0) is 93.0 Å². The van der Waals surface area contributed by atoms with Gasteiger partial charge in [0.1, 0.15) is 5.82 Å². The zero-order valence-corrected chi connectivity index (χ0v) is 22.4. The summed E-state index contributed by atoms with van der Waals surface area (Å²) in [5.74, 6) is 3.79. The SMILES string of the molecule is O=C(NC1CC1)C12CC3CC(C1)C(Nc1ccnc(Nc4ccc(N5CCS(=O)(=O)CC5)cc4)n1)C(C3)C2. The Hall–Kier alpha value is -2.88. The summed E-state index contributed by atoms with van der Waals surface area (Å²) in [6.07, 6.45) is 9.52. The van der Waals surface area contributed by atoms with Gasteiger partial charge < -0.3 is 20.9 Å². The Morgan fingerprint density at radius 1 is 0.974 bits per heavy atom. The molecule has 5 aliphatic carbocycles. The number of hydrogen-bond acceptors (Lipinski definition) is 8. The maximum atomic E-state index is 13.2. The van der Waals surface area contributed by atoms with Crippen LogP contribution in [-0.2, 0) is 14.6 Å². The minimum absolute atomic E-state index is 0.149. The molecule has 3 N–H and O–H groups in total. The Bertz CT molecular complexity index is 1300. The van der Waals surface area contributed by atoms with Gasteiger partial charge in [-0.25, -0.2) is 13.4 Å². The molecule has 1 saturated heterocycles. The van der Waals surface area contributed by atoms with Gasteiger partial charge in [-0.15, -0.1) is 0 Å².